The monoisotopic (exact) mass is 290 g/mol. The van der Waals surface area contributed by atoms with Crippen LogP contribution in [0, 0.1) is 5.92 Å². The van der Waals surface area contributed by atoms with E-state index < -0.39 is 0 Å². The molecule has 0 fully saturated rings. The van der Waals surface area contributed by atoms with E-state index in [2.05, 4.69) is 10.6 Å². The van der Waals surface area contributed by atoms with Gasteiger partial charge in [-0.05, 0) is 31.7 Å². The van der Waals surface area contributed by atoms with Gasteiger partial charge in [0.25, 0.3) is 0 Å². The quantitative estimate of drug-likeness (QED) is 0.876. The lowest BCUT2D eigenvalue weighted by Gasteiger charge is -2.18. The van der Waals surface area contributed by atoms with E-state index in [0.29, 0.717) is 11.6 Å². The van der Waals surface area contributed by atoms with Crippen molar-refractivity contribution < 1.29 is 4.79 Å². The van der Waals surface area contributed by atoms with Gasteiger partial charge < -0.3 is 10.6 Å². The highest BCUT2D eigenvalue weighted by Crippen LogP contribution is 2.17. The van der Waals surface area contributed by atoms with E-state index >= 15 is 0 Å². The van der Waals surface area contributed by atoms with Crippen molar-refractivity contribution in [3.05, 3.63) is 34.9 Å². The van der Waals surface area contributed by atoms with Crippen LogP contribution in [0.15, 0.2) is 24.3 Å². The summed E-state index contributed by atoms with van der Waals surface area (Å²) in [7, 11) is 1.84. The summed E-state index contributed by atoms with van der Waals surface area (Å²) < 4.78 is 0. The standard InChI is InChI=1S/C13H19ClN2O.ClH/c1-9(8-15-3)13(17)16-10(2)11-5-4-6-12(14)7-11;/h4-7,9-10,15H,8H2,1-3H3,(H,16,17);1H. The van der Waals surface area contributed by atoms with E-state index in [0.717, 1.165) is 5.56 Å². The molecule has 5 heteroatoms. The summed E-state index contributed by atoms with van der Waals surface area (Å²) in [5, 5.41) is 6.65. The molecule has 2 N–H and O–H groups in total. The summed E-state index contributed by atoms with van der Waals surface area (Å²) in [5.74, 6) is 0.00783. The summed E-state index contributed by atoms with van der Waals surface area (Å²) in [6, 6.07) is 7.51. The van der Waals surface area contributed by atoms with Gasteiger partial charge in [0.2, 0.25) is 5.91 Å². The molecule has 0 aromatic heterocycles. The SMILES string of the molecule is CNCC(C)C(=O)NC(C)c1cccc(Cl)c1.Cl. The van der Waals surface area contributed by atoms with Gasteiger partial charge in [-0.3, -0.25) is 4.79 Å². The summed E-state index contributed by atoms with van der Waals surface area (Å²) in [5.41, 5.74) is 1.02. The summed E-state index contributed by atoms with van der Waals surface area (Å²) in [4.78, 5) is 11.8. The zero-order valence-corrected chi connectivity index (χ0v) is 12.4. The number of hydrogen-bond donors (Lipinski definition) is 2. The van der Waals surface area contributed by atoms with Gasteiger partial charge in [0.05, 0.1) is 6.04 Å². The fraction of sp³-hybridized carbons (Fsp3) is 0.462. The molecule has 1 amide bonds. The Balaban J connectivity index is 0.00000289. The second-order valence-electron chi connectivity index (χ2n) is 4.24. The van der Waals surface area contributed by atoms with Gasteiger partial charge in [0.15, 0.2) is 0 Å². The van der Waals surface area contributed by atoms with E-state index in [-0.39, 0.29) is 30.3 Å². The minimum absolute atomic E-state index is 0. The van der Waals surface area contributed by atoms with Crippen LogP contribution in [0.25, 0.3) is 0 Å². The highest BCUT2D eigenvalue weighted by Gasteiger charge is 2.15. The third kappa shape index (κ3) is 5.25. The molecule has 0 aliphatic rings. The molecule has 0 radical (unpaired) electrons. The molecule has 0 saturated heterocycles. The average molecular weight is 291 g/mol. The van der Waals surface area contributed by atoms with Crippen LogP contribution in [0.5, 0.6) is 0 Å². The number of hydrogen-bond acceptors (Lipinski definition) is 2. The Labute approximate surface area is 120 Å². The zero-order chi connectivity index (χ0) is 12.8. The van der Waals surface area contributed by atoms with Crippen molar-refractivity contribution in [3.8, 4) is 0 Å². The lowest BCUT2D eigenvalue weighted by Crippen LogP contribution is -2.35. The van der Waals surface area contributed by atoms with Gasteiger partial charge >= 0.3 is 0 Å². The molecular weight excluding hydrogens is 271 g/mol. The molecule has 0 saturated carbocycles. The topological polar surface area (TPSA) is 41.1 Å². The first-order valence-electron chi connectivity index (χ1n) is 5.75. The Kier molecular flexibility index (Phi) is 8.00. The average Bonchev–Trinajstić information content (AvgIpc) is 2.29. The van der Waals surface area contributed by atoms with Gasteiger partial charge in [-0.25, -0.2) is 0 Å². The molecule has 0 heterocycles. The number of halogens is 2. The summed E-state index contributed by atoms with van der Waals surface area (Å²) >= 11 is 5.92. The lowest BCUT2D eigenvalue weighted by atomic mass is 10.1. The van der Waals surface area contributed by atoms with Crippen LogP contribution in [-0.4, -0.2) is 19.5 Å². The van der Waals surface area contributed by atoms with Gasteiger partial charge in [-0.15, -0.1) is 12.4 Å². The fourth-order valence-corrected chi connectivity index (χ4v) is 1.81. The van der Waals surface area contributed by atoms with Crippen LogP contribution in [0.4, 0.5) is 0 Å². The molecule has 0 bridgehead atoms. The predicted molar refractivity (Wildman–Crippen MR) is 78.3 cm³/mol. The molecule has 0 spiro atoms. The molecule has 2 unspecified atom stereocenters. The molecule has 102 valence electrons. The molecule has 1 aromatic rings. The van der Waals surface area contributed by atoms with Crippen molar-refractivity contribution in [2.75, 3.05) is 13.6 Å². The number of nitrogens with one attached hydrogen (secondary N) is 2. The van der Waals surface area contributed by atoms with Gasteiger partial charge in [0.1, 0.15) is 0 Å². The minimum atomic E-state index is -0.0402. The van der Waals surface area contributed by atoms with Crippen molar-refractivity contribution >= 4 is 29.9 Å². The van der Waals surface area contributed by atoms with E-state index in [1.54, 1.807) is 0 Å². The first kappa shape index (κ1) is 17.2. The third-order valence-corrected chi connectivity index (χ3v) is 2.90. The second-order valence-corrected chi connectivity index (χ2v) is 4.68. The number of carbonyl (C=O) groups is 1. The maximum atomic E-state index is 11.8. The maximum absolute atomic E-state index is 11.8. The van der Waals surface area contributed by atoms with Crippen molar-refractivity contribution in [2.24, 2.45) is 5.92 Å². The van der Waals surface area contributed by atoms with Crippen molar-refractivity contribution in [3.63, 3.8) is 0 Å². The van der Waals surface area contributed by atoms with E-state index in [9.17, 15) is 4.79 Å². The minimum Gasteiger partial charge on any atom is -0.349 e. The fourth-order valence-electron chi connectivity index (χ4n) is 1.61. The molecule has 1 rings (SSSR count). The Morgan fingerprint density at radius 2 is 2.06 bits per heavy atom. The molecule has 0 aliphatic carbocycles. The van der Waals surface area contributed by atoms with Crippen molar-refractivity contribution in [2.45, 2.75) is 19.9 Å². The second kappa shape index (κ2) is 8.35. The number of amides is 1. The molecule has 0 aliphatic heterocycles. The molecule has 2 atom stereocenters. The predicted octanol–water partition coefficient (Wildman–Crippen LogP) is 2.79. The first-order chi connectivity index (χ1) is 8.04. The number of rotatable bonds is 5. The number of benzene rings is 1. The van der Waals surface area contributed by atoms with E-state index in [1.807, 2.05) is 45.2 Å². The maximum Gasteiger partial charge on any atom is 0.224 e. The van der Waals surface area contributed by atoms with E-state index in [4.69, 9.17) is 11.6 Å². The van der Waals surface area contributed by atoms with Gasteiger partial charge in [-0.2, -0.15) is 0 Å². The first-order valence-corrected chi connectivity index (χ1v) is 6.12. The van der Waals surface area contributed by atoms with Crippen LogP contribution >= 0.6 is 24.0 Å². The van der Waals surface area contributed by atoms with Gasteiger partial charge in [0, 0.05) is 17.5 Å². The Hall–Kier alpha value is -0.770. The highest BCUT2D eigenvalue weighted by molar-refractivity contribution is 6.30. The smallest absolute Gasteiger partial charge is 0.224 e. The largest absolute Gasteiger partial charge is 0.349 e. The number of carbonyl (C=O) groups excluding carboxylic acids is 1. The summed E-state index contributed by atoms with van der Waals surface area (Å²) in [6.07, 6.45) is 0. The van der Waals surface area contributed by atoms with Crippen LogP contribution in [-0.2, 0) is 4.79 Å². The normalized spacial score (nSPS) is 13.3. The molecule has 1 aromatic carbocycles. The van der Waals surface area contributed by atoms with Crippen molar-refractivity contribution in [1.29, 1.82) is 0 Å². The van der Waals surface area contributed by atoms with E-state index in [1.165, 1.54) is 0 Å². The Morgan fingerprint density at radius 1 is 1.39 bits per heavy atom. The highest BCUT2D eigenvalue weighted by atomic mass is 35.5. The van der Waals surface area contributed by atoms with Crippen molar-refractivity contribution in [1.82, 2.24) is 10.6 Å². The lowest BCUT2D eigenvalue weighted by molar-refractivity contribution is -0.125. The summed E-state index contributed by atoms with van der Waals surface area (Å²) in [6.45, 7) is 4.53. The Morgan fingerprint density at radius 3 is 2.61 bits per heavy atom. The van der Waals surface area contributed by atoms with Gasteiger partial charge in [-0.1, -0.05) is 30.7 Å². The zero-order valence-electron chi connectivity index (χ0n) is 10.9. The molecular formula is C13H20Cl2N2O. The molecule has 18 heavy (non-hydrogen) atoms. The van der Waals surface area contributed by atoms with Crippen LogP contribution in [0.3, 0.4) is 0 Å². The molecule has 3 nitrogen and oxygen atoms in total. The van der Waals surface area contributed by atoms with Crippen LogP contribution in [0.2, 0.25) is 5.02 Å². The van der Waals surface area contributed by atoms with Crippen LogP contribution < -0.4 is 10.6 Å². The van der Waals surface area contributed by atoms with Crippen LogP contribution in [0.1, 0.15) is 25.5 Å². The third-order valence-electron chi connectivity index (χ3n) is 2.67. The Bertz CT molecular complexity index is 385.